The molecule has 1 N–H and O–H groups in total. The highest BCUT2D eigenvalue weighted by Crippen LogP contribution is 2.21. The quantitative estimate of drug-likeness (QED) is 0.763. The number of amides is 1. The van der Waals surface area contributed by atoms with Gasteiger partial charge in [-0.2, -0.15) is 0 Å². The van der Waals surface area contributed by atoms with Crippen LogP contribution in [0.1, 0.15) is 16.9 Å². The van der Waals surface area contributed by atoms with Gasteiger partial charge in [-0.05, 0) is 24.6 Å². The lowest BCUT2D eigenvalue weighted by molar-refractivity contribution is 0.0932. The minimum atomic E-state index is -0.109. The van der Waals surface area contributed by atoms with Crippen LogP contribution in [0, 0.1) is 0 Å². The Labute approximate surface area is 150 Å². The Morgan fingerprint density at radius 3 is 2.92 bits per heavy atom. The molecule has 0 aliphatic carbocycles. The normalized spacial score (nSPS) is 16.7. The van der Waals surface area contributed by atoms with Gasteiger partial charge in [0.25, 0.3) is 5.91 Å². The van der Waals surface area contributed by atoms with Gasteiger partial charge in [0.05, 0.1) is 18.2 Å². The molecule has 4 heterocycles. The fourth-order valence-corrected chi connectivity index (χ4v) is 3.07. The monoisotopic (exact) mass is 349 g/mol. The predicted octanol–water partition coefficient (Wildman–Crippen LogP) is 1.28. The van der Waals surface area contributed by atoms with Crippen LogP contribution in [0.5, 0.6) is 0 Å². The summed E-state index contributed by atoms with van der Waals surface area (Å²) in [5.41, 5.74) is 2.35. The molecule has 0 radical (unpaired) electrons. The van der Waals surface area contributed by atoms with Gasteiger partial charge in [-0.1, -0.05) is 0 Å². The Balaban J connectivity index is 1.44. The van der Waals surface area contributed by atoms with Crippen molar-refractivity contribution in [1.29, 1.82) is 0 Å². The van der Waals surface area contributed by atoms with Crippen molar-refractivity contribution in [2.24, 2.45) is 7.05 Å². The summed E-state index contributed by atoms with van der Waals surface area (Å²) < 4.78 is 1.71. The van der Waals surface area contributed by atoms with Gasteiger partial charge in [0.1, 0.15) is 5.69 Å². The van der Waals surface area contributed by atoms with Gasteiger partial charge in [0.2, 0.25) is 5.95 Å². The van der Waals surface area contributed by atoms with Gasteiger partial charge in [-0.15, -0.1) is 0 Å². The molecule has 1 fully saturated rings. The van der Waals surface area contributed by atoms with E-state index in [1.54, 1.807) is 42.7 Å². The average molecular weight is 349 g/mol. The van der Waals surface area contributed by atoms with Gasteiger partial charge in [-0.25, -0.2) is 15.0 Å². The first-order valence-electron chi connectivity index (χ1n) is 8.46. The molecule has 0 saturated carbocycles. The lowest BCUT2D eigenvalue weighted by atomic mass is 10.2. The van der Waals surface area contributed by atoms with Crippen molar-refractivity contribution >= 4 is 11.9 Å². The molecular weight excluding hydrogens is 330 g/mol. The Bertz CT molecular complexity index is 909. The first-order valence-corrected chi connectivity index (χ1v) is 8.46. The van der Waals surface area contributed by atoms with Gasteiger partial charge in [0.15, 0.2) is 0 Å². The lowest BCUT2D eigenvalue weighted by Crippen LogP contribution is -2.38. The van der Waals surface area contributed by atoms with Crippen LogP contribution >= 0.6 is 0 Å². The van der Waals surface area contributed by atoms with Crippen molar-refractivity contribution in [2.75, 3.05) is 18.0 Å². The maximum Gasteiger partial charge on any atom is 0.269 e. The Kier molecular flexibility index (Phi) is 4.30. The molecule has 1 aliphatic rings. The highest BCUT2D eigenvalue weighted by atomic mass is 16.2. The van der Waals surface area contributed by atoms with E-state index < -0.39 is 0 Å². The third-order valence-electron chi connectivity index (χ3n) is 4.46. The van der Waals surface area contributed by atoms with Gasteiger partial charge < -0.3 is 14.8 Å². The summed E-state index contributed by atoms with van der Waals surface area (Å²) in [5, 5.41) is 3.06. The molecule has 1 unspecified atom stereocenters. The summed E-state index contributed by atoms with van der Waals surface area (Å²) in [6, 6.07) is 5.79. The van der Waals surface area contributed by atoms with Crippen LogP contribution in [0.4, 0.5) is 5.95 Å². The molecule has 1 saturated heterocycles. The number of rotatable bonds is 4. The Morgan fingerprint density at radius 2 is 2.15 bits per heavy atom. The van der Waals surface area contributed by atoms with Crippen LogP contribution in [-0.4, -0.2) is 49.5 Å². The third kappa shape index (κ3) is 3.26. The molecule has 132 valence electrons. The zero-order valence-corrected chi connectivity index (χ0v) is 14.4. The van der Waals surface area contributed by atoms with Gasteiger partial charge in [0, 0.05) is 50.3 Å². The number of aryl methyl sites for hydroxylation is 1. The summed E-state index contributed by atoms with van der Waals surface area (Å²) in [5.74, 6) is 0.561. The second-order valence-electron chi connectivity index (χ2n) is 6.28. The Morgan fingerprint density at radius 1 is 1.23 bits per heavy atom. The smallest absolute Gasteiger partial charge is 0.269 e. The maximum atomic E-state index is 12.3. The maximum absolute atomic E-state index is 12.3. The first kappa shape index (κ1) is 16.2. The highest BCUT2D eigenvalue weighted by Gasteiger charge is 2.26. The van der Waals surface area contributed by atoms with Crippen LogP contribution in [0.3, 0.4) is 0 Å². The summed E-state index contributed by atoms with van der Waals surface area (Å²) in [6.45, 7) is 1.48. The van der Waals surface area contributed by atoms with Crippen LogP contribution < -0.4 is 10.2 Å². The number of hydrogen-bond acceptors (Lipinski definition) is 6. The zero-order chi connectivity index (χ0) is 17.9. The number of aromatic nitrogens is 5. The molecule has 26 heavy (non-hydrogen) atoms. The van der Waals surface area contributed by atoms with Crippen molar-refractivity contribution in [3.63, 3.8) is 0 Å². The number of pyridine rings is 1. The minimum absolute atomic E-state index is 0.0584. The minimum Gasteiger partial charge on any atom is -0.346 e. The molecule has 1 amide bonds. The van der Waals surface area contributed by atoms with Crippen LogP contribution in [0.2, 0.25) is 0 Å². The van der Waals surface area contributed by atoms with E-state index in [1.165, 1.54) is 0 Å². The van der Waals surface area contributed by atoms with Gasteiger partial charge in [-0.3, -0.25) is 9.78 Å². The summed E-state index contributed by atoms with van der Waals surface area (Å²) in [7, 11) is 1.81. The number of nitrogens with one attached hydrogen (secondary N) is 1. The molecule has 1 aliphatic heterocycles. The van der Waals surface area contributed by atoms with E-state index >= 15 is 0 Å². The summed E-state index contributed by atoms with van der Waals surface area (Å²) >= 11 is 0. The van der Waals surface area contributed by atoms with E-state index in [0.717, 1.165) is 24.2 Å². The van der Waals surface area contributed by atoms with Crippen molar-refractivity contribution < 1.29 is 4.79 Å². The van der Waals surface area contributed by atoms with Crippen LogP contribution in [0.15, 0.2) is 49.3 Å². The fourth-order valence-electron chi connectivity index (χ4n) is 3.07. The fraction of sp³-hybridized carbons (Fsp3) is 0.278. The van der Waals surface area contributed by atoms with Crippen LogP contribution in [-0.2, 0) is 7.05 Å². The predicted molar refractivity (Wildman–Crippen MR) is 96.6 cm³/mol. The van der Waals surface area contributed by atoms with E-state index in [1.807, 2.05) is 18.2 Å². The standard InChI is InChI=1S/C18H19N7O/c1-24-12-20-10-16(24)17(26)22-14-5-8-25(11-14)18-21-7-4-15(23-18)13-3-2-6-19-9-13/h2-4,6-7,9-10,12,14H,5,8,11H2,1H3,(H,22,26). The zero-order valence-electron chi connectivity index (χ0n) is 14.4. The molecule has 0 spiro atoms. The lowest BCUT2D eigenvalue weighted by Gasteiger charge is -2.17. The average Bonchev–Trinajstić information content (AvgIpc) is 3.31. The van der Waals surface area contributed by atoms with E-state index in [0.29, 0.717) is 18.2 Å². The van der Waals surface area contributed by atoms with Crippen molar-refractivity contribution in [3.05, 3.63) is 55.0 Å². The topological polar surface area (TPSA) is 88.8 Å². The second-order valence-corrected chi connectivity index (χ2v) is 6.28. The molecule has 0 bridgehead atoms. The van der Waals surface area contributed by atoms with E-state index in [9.17, 15) is 4.79 Å². The molecule has 0 aromatic carbocycles. The number of nitrogens with zero attached hydrogens (tertiary/aromatic N) is 6. The Hall–Kier alpha value is -3.29. The summed E-state index contributed by atoms with van der Waals surface area (Å²) in [6.07, 6.45) is 9.32. The number of anilines is 1. The van der Waals surface area contributed by atoms with Crippen molar-refractivity contribution in [2.45, 2.75) is 12.5 Å². The van der Waals surface area contributed by atoms with Gasteiger partial charge >= 0.3 is 0 Å². The third-order valence-corrected chi connectivity index (χ3v) is 4.46. The first-order chi connectivity index (χ1) is 12.7. The molecule has 3 aromatic rings. The van der Waals surface area contributed by atoms with E-state index in [-0.39, 0.29) is 11.9 Å². The SMILES string of the molecule is Cn1cncc1C(=O)NC1CCN(c2nccc(-c3cccnc3)n2)C1. The van der Waals surface area contributed by atoms with E-state index in [2.05, 4.69) is 30.2 Å². The highest BCUT2D eigenvalue weighted by molar-refractivity contribution is 5.92. The molecule has 8 nitrogen and oxygen atoms in total. The van der Waals surface area contributed by atoms with Crippen molar-refractivity contribution in [3.8, 4) is 11.3 Å². The summed E-state index contributed by atoms with van der Waals surface area (Å²) in [4.78, 5) is 31.6. The molecule has 3 aromatic heterocycles. The number of carbonyl (C=O) groups excluding carboxylic acids is 1. The number of imidazole rings is 1. The van der Waals surface area contributed by atoms with Crippen LogP contribution in [0.25, 0.3) is 11.3 Å². The largest absolute Gasteiger partial charge is 0.346 e. The molecule has 8 heteroatoms. The number of carbonyl (C=O) groups is 1. The van der Waals surface area contributed by atoms with Crippen molar-refractivity contribution in [1.82, 2.24) is 29.8 Å². The molecular formula is C18H19N7O. The molecule has 4 rings (SSSR count). The second kappa shape index (κ2) is 6.91. The molecule has 1 atom stereocenters. The van der Waals surface area contributed by atoms with E-state index in [4.69, 9.17) is 0 Å². The number of hydrogen-bond donors (Lipinski definition) is 1.